The molecule has 100 valence electrons. The Bertz CT molecular complexity index is 583. The zero-order valence-corrected chi connectivity index (χ0v) is 10.5. The molecule has 0 aromatic carbocycles. The summed E-state index contributed by atoms with van der Waals surface area (Å²) in [5, 5.41) is 10.6. The number of hydrogen-bond acceptors (Lipinski definition) is 5. The van der Waals surface area contributed by atoms with Crippen LogP contribution in [0.2, 0.25) is 0 Å². The molecule has 2 aromatic heterocycles. The van der Waals surface area contributed by atoms with Crippen LogP contribution < -0.4 is 5.32 Å². The van der Waals surface area contributed by atoms with Gasteiger partial charge in [-0.25, -0.2) is 0 Å². The summed E-state index contributed by atoms with van der Waals surface area (Å²) in [6.45, 7) is 3.12. The van der Waals surface area contributed by atoms with E-state index in [9.17, 15) is 4.79 Å². The van der Waals surface area contributed by atoms with Gasteiger partial charge in [-0.1, -0.05) is 5.16 Å². The average Bonchev–Trinajstić information content (AvgIpc) is 3.07. The van der Waals surface area contributed by atoms with Gasteiger partial charge in [0.2, 0.25) is 0 Å². The fraction of sp³-hybridized carbons (Fsp3) is 0.417. The van der Waals surface area contributed by atoms with E-state index in [1.807, 2.05) is 4.68 Å². The van der Waals surface area contributed by atoms with E-state index >= 15 is 0 Å². The molecule has 1 fully saturated rings. The highest BCUT2D eigenvalue weighted by Gasteiger charge is 2.19. The van der Waals surface area contributed by atoms with Crippen molar-refractivity contribution in [1.82, 2.24) is 14.9 Å². The second-order valence-electron chi connectivity index (χ2n) is 4.48. The van der Waals surface area contributed by atoms with E-state index in [1.165, 1.54) is 6.20 Å². The number of anilines is 1. The summed E-state index contributed by atoms with van der Waals surface area (Å²) in [6, 6.07) is 0.253. The molecule has 1 aliphatic heterocycles. The quantitative estimate of drug-likeness (QED) is 0.903. The van der Waals surface area contributed by atoms with Crippen LogP contribution in [0.5, 0.6) is 0 Å². The van der Waals surface area contributed by atoms with Gasteiger partial charge in [-0.2, -0.15) is 5.10 Å². The minimum absolute atomic E-state index is 0.249. The monoisotopic (exact) mass is 262 g/mol. The maximum atomic E-state index is 12.0. The Morgan fingerprint density at radius 2 is 2.42 bits per heavy atom. The van der Waals surface area contributed by atoms with Crippen molar-refractivity contribution in [2.75, 3.05) is 18.5 Å². The van der Waals surface area contributed by atoms with Gasteiger partial charge in [-0.3, -0.25) is 9.48 Å². The molecule has 3 heterocycles. The first-order valence-corrected chi connectivity index (χ1v) is 6.08. The van der Waals surface area contributed by atoms with E-state index in [1.54, 1.807) is 19.3 Å². The van der Waals surface area contributed by atoms with Crippen LogP contribution in [0, 0.1) is 6.92 Å². The smallest absolute Gasteiger partial charge is 0.260 e. The van der Waals surface area contributed by atoms with Gasteiger partial charge in [0.1, 0.15) is 11.3 Å². The number of carbonyl (C=O) groups is 1. The maximum Gasteiger partial charge on any atom is 0.260 e. The summed E-state index contributed by atoms with van der Waals surface area (Å²) in [6.07, 6.45) is 5.78. The van der Waals surface area contributed by atoms with Crippen molar-refractivity contribution in [3.05, 3.63) is 29.9 Å². The van der Waals surface area contributed by atoms with Gasteiger partial charge >= 0.3 is 0 Å². The fourth-order valence-electron chi connectivity index (χ4n) is 2.05. The van der Waals surface area contributed by atoms with Gasteiger partial charge in [-0.15, -0.1) is 0 Å². The van der Waals surface area contributed by atoms with Crippen molar-refractivity contribution in [2.45, 2.75) is 19.4 Å². The van der Waals surface area contributed by atoms with Crippen LogP contribution in [0.1, 0.15) is 28.6 Å². The summed E-state index contributed by atoms with van der Waals surface area (Å²) in [5.41, 5.74) is 1.08. The average molecular weight is 262 g/mol. The molecule has 2 aromatic rings. The Morgan fingerprint density at radius 3 is 3.11 bits per heavy atom. The maximum absolute atomic E-state index is 12.0. The number of ether oxygens (including phenoxy) is 1. The molecule has 0 bridgehead atoms. The largest absolute Gasteiger partial charge is 0.379 e. The summed E-state index contributed by atoms with van der Waals surface area (Å²) >= 11 is 0. The standard InChI is InChI=1S/C12H14N4O3/c1-8-11(5-14-19-8)12(17)15-9-4-13-16(6-9)10-2-3-18-7-10/h4-6,10H,2-3,7H2,1H3,(H,15,17)/t10-/m0/s1. The highest BCUT2D eigenvalue weighted by Crippen LogP contribution is 2.20. The Kier molecular flexibility index (Phi) is 3.04. The highest BCUT2D eigenvalue weighted by atomic mass is 16.5. The minimum atomic E-state index is -0.249. The summed E-state index contributed by atoms with van der Waals surface area (Å²) in [7, 11) is 0. The van der Waals surface area contributed by atoms with Crippen molar-refractivity contribution >= 4 is 11.6 Å². The molecule has 1 saturated heterocycles. The molecule has 0 unspecified atom stereocenters. The number of aromatic nitrogens is 3. The van der Waals surface area contributed by atoms with Crippen LogP contribution in [0.25, 0.3) is 0 Å². The Balaban J connectivity index is 1.70. The molecule has 1 N–H and O–H groups in total. The first kappa shape index (κ1) is 11.9. The van der Waals surface area contributed by atoms with Gasteiger partial charge in [0.15, 0.2) is 0 Å². The van der Waals surface area contributed by atoms with E-state index in [-0.39, 0.29) is 11.9 Å². The molecular formula is C12H14N4O3. The molecule has 0 radical (unpaired) electrons. The van der Waals surface area contributed by atoms with E-state index in [2.05, 4.69) is 15.6 Å². The minimum Gasteiger partial charge on any atom is -0.379 e. The third kappa shape index (κ3) is 2.37. The summed E-state index contributed by atoms with van der Waals surface area (Å²) in [5.74, 6) is 0.245. The molecule has 0 spiro atoms. The van der Waals surface area contributed by atoms with Gasteiger partial charge in [0, 0.05) is 12.8 Å². The Labute approximate surface area is 109 Å². The lowest BCUT2D eigenvalue weighted by Crippen LogP contribution is -2.12. The van der Waals surface area contributed by atoms with Crippen molar-refractivity contribution in [2.24, 2.45) is 0 Å². The lowest BCUT2D eigenvalue weighted by Gasteiger charge is -2.06. The van der Waals surface area contributed by atoms with E-state index < -0.39 is 0 Å². The SMILES string of the molecule is Cc1oncc1C(=O)Nc1cnn([C@H]2CCOC2)c1. The van der Waals surface area contributed by atoms with Crippen LogP contribution in [0.15, 0.2) is 23.1 Å². The number of aryl methyl sites for hydroxylation is 1. The molecule has 3 rings (SSSR count). The summed E-state index contributed by atoms with van der Waals surface area (Å²) in [4.78, 5) is 12.0. The first-order chi connectivity index (χ1) is 9.24. The predicted molar refractivity (Wildman–Crippen MR) is 65.9 cm³/mol. The number of hydrogen-bond donors (Lipinski definition) is 1. The second kappa shape index (κ2) is 4.85. The number of nitrogens with zero attached hydrogens (tertiary/aromatic N) is 3. The van der Waals surface area contributed by atoms with Gasteiger partial charge < -0.3 is 14.6 Å². The highest BCUT2D eigenvalue weighted by molar-refractivity contribution is 6.04. The second-order valence-corrected chi connectivity index (χ2v) is 4.48. The van der Waals surface area contributed by atoms with Crippen LogP contribution in [-0.2, 0) is 4.74 Å². The normalized spacial score (nSPS) is 18.7. The van der Waals surface area contributed by atoms with Crippen molar-refractivity contribution in [3.8, 4) is 0 Å². The molecular weight excluding hydrogens is 248 g/mol. The Hall–Kier alpha value is -2.15. The molecule has 7 heteroatoms. The van der Waals surface area contributed by atoms with Crippen molar-refractivity contribution < 1.29 is 14.1 Å². The van der Waals surface area contributed by atoms with Crippen molar-refractivity contribution in [1.29, 1.82) is 0 Å². The van der Waals surface area contributed by atoms with E-state index in [0.717, 1.165) is 13.0 Å². The van der Waals surface area contributed by atoms with Gasteiger partial charge in [-0.05, 0) is 13.3 Å². The van der Waals surface area contributed by atoms with Crippen LogP contribution in [0.3, 0.4) is 0 Å². The number of nitrogens with one attached hydrogen (secondary N) is 1. The zero-order valence-electron chi connectivity index (χ0n) is 10.5. The van der Waals surface area contributed by atoms with Crippen molar-refractivity contribution in [3.63, 3.8) is 0 Å². The predicted octanol–water partition coefficient (Wildman–Crippen LogP) is 1.39. The van der Waals surface area contributed by atoms with Gasteiger partial charge in [0.05, 0.1) is 30.7 Å². The number of amides is 1. The topological polar surface area (TPSA) is 82.2 Å². The van der Waals surface area contributed by atoms with E-state index in [4.69, 9.17) is 9.26 Å². The molecule has 0 aliphatic carbocycles. The summed E-state index contributed by atoms with van der Waals surface area (Å²) < 4.78 is 12.0. The molecule has 1 atom stereocenters. The third-order valence-corrected chi connectivity index (χ3v) is 3.13. The van der Waals surface area contributed by atoms with E-state index in [0.29, 0.717) is 23.6 Å². The van der Waals surface area contributed by atoms with Gasteiger partial charge in [0.25, 0.3) is 5.91 Å². The lowest BCUT2D eigenvalue weighted by atomic mass is 10.2. The number of rotatable bonds is 3. The fourth-order valence-corrected chi connectivity index (χ4v) is 2.05. The van der Waals surface area contributed by atoms with Crippen LogP contribution in [0.4, 0.5) is 5.69 Å². The molecule has 1 aliphatic rings. The first-order valence-electron chi connectivity index (χ1n) is 6.08. The molecule has 7 nitrogen and oxygen atoms in total. The third-order valence-electron chi connectivity index (χ3n) is 3.13. The molecule has 1 amide bonds. The lowest BCUT2D eigenvalue weighted by molar-refractivity contribution is 0.102. The molecule has 19 heavy (non-hydrogen) atoms. The zero-order chi connectivity index (χ0) is 13.2. The van der Waals surface area contributed by atoms with Crippen LogP contribution in [-0.4, -0.2) is 34.1 Å². The van der Waals surface area contributed by atoms with Crippen LogP contribution >= 0.6 is 0 Å². The Morgan fingerprint density at radius 1 is 1.53 bits per heavy atom. The number of carbonyl (C=O) groups excluding carboxylic acids is 1. The molecule has 0 saturated carbocycles.